The molecule has 1 aromatic carbocycles. The van der Waals surface area contributed by atoms with Gasteiger partial charge in [-0.05, 0) is 32.6 Å². The standard InChI is InChI=1S/C18H23BrF2N2O2/c1-17(2,3)8-10-14(21)11(20)7-12-15(10)22-13(9-19)23(12)16(24)25-18(4,5)6/h7H,8-9H2,1-6H3. The Hall–Kier alpha value is -1.50. The van der Waals surface area contributed by atoms with Crippen LogP contribution in [0.4, 0.5) is 13.6 Å². The topological polar surface area (TPSA) is 44.1 Å². The number of rotatable bonds is 2. The number of hydrogen-bond acceptors (Lipinski definition) is 3. The highest BCUT2D eigenvalue weighted by Crippen LogP contribution is 2.31. The molecule has 7 heteroatoms. The van der Waals surface area contributed by atoms with Gasteiger partial charge in [-0.1, -0.05) is 36.7 Å². The maximum atomic E-state index is 14.4. The van der Waals surface area contributed by atoms with Crippen LogP contribution >= 0.6 is 15.9 Å². The summed E-state index contributed by atoms with van der Waals surface area (Å²) in [5.74, 6) is -1.58. The van der Waals surface area contributed by atoms with Crippen LogP contribution in [0.5, 0.6) is 0 Å². The van der Waals surface area contributed by atoms with Gasteiger partial charge in [0, 0.05) is 11.6 Å². The van der Waals surface area contributed by atoms with Gasteiger partial charge in [-0.25, -0.2) is 23.1 Å². The Bertz CT molecular complexity index is 817. The molecular weight excluding hydrogens is 394 g/mol. The van der Waals surface area contributed by atoms with Gasteiger partial charge in [0.1, 0.15) is 11.4 Å². The van der Waals surface area contributed by atoms with E-state index in [4.69, 9.17) is 4.74 Å². The molecule has 2 aromatic rings. The molecule has 0 amide bonds. The molecule has 138 valence electrons. The zero-order chi connectivity index (χ0) is 19.2. The molecule has 0 atom stereocenters. The Balaban J connectivity index is 2.74. The quantitative estimate of drug-likeness (QED) is 0.599. The molecule has 0 unspecified atom stereocenters. The van der Waals surface area contributed by atoms with Crippen molar-refractivity contribution >= 4 is 33.1 Å². The van der Waals surface area contributed by atoms with Gasteiger partial charge < -0.3 is 4.74 Å². The van der Waals surface area contributed by atoms with E-state index in [0.29, 0.717) is 12.2 Å². The minimum Gasteiger partial charge on any atom is -0.443 e. The molecule has 0 spiro atoms. The highest BCUT2D eigenvalue weighted by atomic mass is 79.9. The second-order valence-electron chi connectivity index (χ2n) is 8.23. The summed E-state index contributed by atoms with van der Waals surface area (Å²) in [5, 5.41) is 0.249. The normalized spacial score (nSPS) is 12.7. The lowest BCUT2D eigenvalue weighted by Gasteiger charge is -2.21. The van der Waals surface area contributed by atoms with E-state index in [1.54, 1.807) is 20.8 Å². The van der Waals surface area contributed by atoms with Gasteiger partial charge in [0.2, 0.25) is 0 Å². The first-order chi connectivity index (χ1) is 11.3. The van der Waals surface area contributed by atoms with E-state index in [1.165, 1.54) is 4.57 Å². The molecule has 0 aliphatic rings. The lowest BCUT2D eigenvalue weighted by molar-refractivity contribution is 0.0540. The summed E-state index contributed by atoms with van der Waals surface area (Å²) in [5.41, 5.74) is -0.321. The maximum Gasteiger partial charge on any atom is 0.420 e. The van der Waals surface area contributed by atoms with Crippen molar-refractivity contribution in [2.24, 2.45) is 5.41 Å². The van der Waals surface area contributed by atoms with E-state index < -0.39 is 23.3 Å². The molecule has 0 aliphatic heterocycles. The molecule has 0 N–H and O–H groups in total. The second-order valence-corrected chi connectivity index (χ2v) is 8.79. The summed E-state index contributed by atoms with van der Waals surface area (Å²) in [6.07, 6.45) is -0.377. The van der Waals surface area contributed by atoms with Crippen LogP contribution in [-0.4, -0.2) is 21.2 Å². The average Bonchev–Trinajstić information content (AvgIpc) is 2.79. The lowest BCUT2D eigenvalue weighted by atomic mass is 9.87. The number of carbonyl (C=O) groups excluding carboxylic acids is 1. The van der Waals surface area contributed by atoms with Crippen molar-refractivity contribution in [3.63, 3.8) is 0 Å². The number of ether oxygens (including phenoxy) is 1. The Kier molecular flexibility index (Phi) is 5.28. The van der Waals surface area contributed by atoms with E-state index in [-0.39, 0.29) is 27.3 Å². The van der Waals surface area contributed by atoms with Gasteiger partial charge >= 0.3 is 6.09 Å². The van der Waals surface area contributed by atoms with Crippen LogP contribution < -0.4 is 0 Å². The zero-order valence-corrected chi connectivity index (χ0v) is 16.9. The van der Waals surface area contributed by atoms with E-state index in [1.807, 2.05) is 20.8 Å². The van der Waals surface area contributed by atoms with Crippen LogP contribution in [0.1, 0.15) is 52.9 Å². The summed E-state index contributed by atoms with van der Waals surface area (Å²) < 4.78 is 35.2. The van der Waals surface area contributed by atoms with Crippen LogP contribution in [0.15, 0.2) is 6.07 Å². The molecule has 1 heterocycles. The highest BCUT2D eigenvalue weighted by Gasteiger charge is 2.27. The summed E-state index contributed by atoms with van der Waals surface area (Å²) >= 11 is 3.28. The molecule has 1 aromatic heterocycles. The number of fused-ring (bicyclic) bond motifs is 1. The van der Waals surface area contributed by atoms with Crippen molar-refractivity contribution in [2.75, 3.05) is 0 Å². The van der Waals surface area contributed by atoms with Crippen molar-refractivity contribution in [1.82, 2.24) is 9.55 Å². The third kappa shape index (κ3) is 4.37. The molecule has 0 fully saturated rings. The van der Waals surface area contributed by atoms with Crippen LogP contribution in [0.3, 0.4) is 0 Å². The average molecular weight is 417 g/mol. The van der Waals surface area contributed by atoms with Crippen molar-refractivity contribution in [1.29, 1.82) is 0 Å². The molecule has 0 aliphatic carbocycles. The summed E-state index contributed by atoms with van der Waals surface area (Å²) in [6, 6.07) is 1.000. The number of hydrogen-bond donors (Lipinski definition) is 0. The van der Waals surface area contributed by atoms with Gasteiger partial charge in [-0.3, -0.25) is 0 Å². The first-order valence-electron chi connectivity index (χ1n) is 8.01. The number of alkyl halides is 1. The van der Waals surface area contributed by atoms with Gasteiger partial charge in [0.15, 0.2) is 11.6 Å². The Morgan fingerprint density at radius 3 is 2.32 bits per heavy atom. The second kappa shape index (κ2) is 6.67. The number of benzene rings is 1. The Morgan fingerprint density at radius 1 is 1.24 bits per heavy atom. The van der Waals surface area contributed by atoms with E-state index in [0.717, 1.165) is 6.07 Å². The third-order valence-electron chi connectivity index (χ3n) is 3.41. The smallest absolute Gasteiger partial charge is 0.420 e. The first kappa shape index (κ1) is 19.8. The van der Waals surface area contributed by atoms with Gasteiger partial charge in [-0.2, -0.15) is 0 Å². The van der Waals surface area contributed by atoms with Crippen LogP contribution in [0, 0.1) is 17.0 Å². The summed E-state index contributed by atoms with van der Waals surface area (Å²) in [4.78, 5) is 16.9. The Morgan fingerprint density at radius 2 is 1.84 bits per heavy atom. The SMILES string of the molecule is CC(C)(C)Cc1c(F)c(F)cc2c1nc(CBr)n2C(=O)OC(C)(C)C. The van der Waals surface area contributed by atoms with Gasteiger partial charge in [0.05, 0.1) is 16.4 Å². The number of nitrogens with zero attached hydrogens (tertiary/aromatic N) is 2. The monoisotopic (exact) mass is 416 g/mol. The molecule has 25 heavy (non-hydrogen) atoms. The molecular formula is C18H23BrF2N2O2. The zero-order valence-electron chi connectivity index (χ0n) is 15.3. The van der Waals surface area contributed by atoms with E-state index in [9.17, 15) is 13.6 Å². The minimum atomic E-state index is -1.00. The Labute approximate surface area is 154 Å². The van der Waals surface area contributed by atoms with Crippen LogP contribution in [0.2, 0.25) is 0 Å². The number of imidazole rings is 1. The van der Waals surface area contributed by atoms with Gasteiger partial charge in [0.25, 0.3) is 0 Å². The number of halogens is 3. The molecule has 4 nitrogen and oxygen atoms in total. The maximum absolute atomic E-state index is 14.4. The van der Waals surface area contributed by atoms with Crippen molar-refractivity contribution in [2.45, 2.75) is 58.9 Å². The fourth-order valence-electron chi connectivity index (χ4n) is 2.56. The van der Waals surface area contributed by atoms with Gasteiger partial charge in [-0.15, -0.1) is 0 Å². The molecule has 0 saturated heterocycles. The predicted octanol–water partition coefficient (Wildman–Crippen LogP) is 5.58. The molecule has 0 radical (unpaired) electrons. The van der Waals surface area contributed by atoms with E-state index in [2.05, 4.69) is 20.9 Å². The summed E-state index contributed by atoms with van der Waals surface area (Å²) in [7, 11) is 0. The van der Waals surface area contributed by atoms with Crippen molar-refractivity contribution in [3.05, 3.63) is 29.1 Å². The third-order valence-corrected chi connectivity index (χ3v) is 3.91. The molecule has 0 saturated carbocycles. The number of carbonyl (C=O) groups is 1. The fraction of sp³-hybridized carbons (Fsp3) is 0.556. The highest BCUT2D eigenvalue weighted by molar-refractivity contribution is 9.08. The fourth-order valence-corrected chi connectivity index (χ4v) is 2.94. The van der Waals surface area contributed by atoms with Crippen molar-refractivity contribution in [3.8, 4) is 0 Å². The first-order valence-corrected chi connectivity index (χ1v) is 9.14. The van der Waals surface area contributed by atoms with E-state index >= 15 is 0 Å². The lowest BCUT2D eigenvalue weighted by Crippen LogP contribution is -2.28. The molecule has 2 rings (SSSR count). The largest absolute Gasteiger partial charge is 0.443 e. The van der Waals surface area contributed by atoms with Crippen LogP contribution in [-0.2, 0) is 16.5 Å². The molecule has 0 bridgehead atoms. The van der Waals surface area contributed by atoms with Crippen molar-refractivity contribution < 1.29 is 18.3 Å². The van der Waals surface area contributed by atoms with Crippen LogP contribution in [0.25, 0.3) is 11.0 Å². The number of aromatic nitrogens is 2. The summed E-state index contributed by atoms with van der Waals surface area (Å²) in [6.45, 7) is 11.0. The minimum absolute atomic E-state index is 0.173. The predicted molar refractivity (Wildman–Crippen MR) is 97.1 cm³/mol.